The van der Waals surface area contributed by atoms with Gasteiger partial charge in [0.05, 0.1) is 29.4 Å². The molecule has 1 aliphatic heterocycles. The van der Waals surface area contributed by atoms with Crippen molar-refractivity contribution in [2.24, 2.45) is 7.05 Å². The molecule has 0 atom stereocenters. The Kier molecular flexibility index (Phi) is 9.73. The number of hydrogen-bond acceptors (Lipinski definition) is 6. The molecule has 1 saturated heterocycles. The lowest BCUT2D eigenvalue weighted by atomic mass is 9.98. The number of carbonyl (C=O) groups excluding carboxylic acids is 2. The summed E-state index contributed by atoms with van der Waals surface area (Å²) in [5.41, 5.74) is 4.81. The lowest BCUT2D eigenvalue weighted by Gasteiger charge is -2.28. The fourth-order valence-electron chi connectivity index (χ4n) is 6.79. The van der Waals surface area contributed by atoms with E-state index in [1.54, 1.807) is 6.07 Å². The summed E-state index contributed by atoms with van der Waals surface area (Å²) in [6.45, 7) is 12.2. The van der Waals surface area contributed by atoms with Crippen LogP contribution in [-0.4, -0.2) is 69.5 Å². The molecule has 258 valence electrons. The zero-order valence-electron chi connectivity index (χ0n) is 29.0. The summed E-state index contributed by atoms with van der Waals surface area (Å²) in [6, 6.07) is 14.1. The van der Waals surface area contributed by atoms with E-state index >= 15 is 0 Å². The number of benzene rings is 3. The van der Waals surface area contributed by atoms with E-state index in [1.807, 2.05) is 86.1 Å². The van der Waals surface area contributed by atoms with Crippen molar-refractivity contribution in [3.63, 3.8) is 0 Å². The average molecular weight is 688 g/mol. The van der Waals surface area contributed by atoms with Crippen LogP contribution in [0.5, 0.6) is 5.75 Å². The minimum absolute atomic E-state index is 0.0206. The van der Waals surface area contributed by atoms with Crippen molar-refractivity contribution >= 4 is 45.2 Å². The number of nitrogens with one attached hydrogen (secondary N) is 1. The van der Waals surface area contributed by atoms with Crippen molar-refractivity contribution in [1.82, 2.24) is 24.6 Å². The van der Waals surface area contributed by atoms with Gasteiger partial charge in [-0.2, -0.15) is 5.10 Å². The molecule has 0 spiro atoms. The number of fused-ring (bicyclic) bond motifs is 2. The van der Waals surface area contributed by atoms with Crippen LogP contribution in [0.1, 0.15) is 54.6 Å². The zero-order chi connectivity index (χ0) is 35.0. The van der Waals surface area contributed by atoms with Gasteiger partial charge in [-0.3, -0.25) is 9.48 Å². The molecule has 2 aromatic heterocycles. The Morgan fingerprint density at radius 2 is 1.84 bits per heavy atom. The van der Waals surface area contributed by atoms with Gasteiger partial charge in [-0.1, -0.05) is 29.8 Å². The quantitative estimate of drug-likeness (QED) is 0.126. The summed E-state index contributed by atoms with van der Waals surface area (Å²) in [5, 5.41) is 10.8. The summed E-state index contributed by atoms with van der Waals surface area (Å²) in [5.74, 6) is -0.0472. The van der Waals surface area contributed by atoms with Crippen LogP contribution in [0.25, 0.3) is 32.8 Å². The molecule has 11 heteroatoms. The van der Waals surface area contributed by atoms with E-state index in [-0.39, 0.29) is 18.3 Å². The minimum atomic E-state index is -0.738. The third kappa shape index (κ3) is 7.03. The van der Waals surface area contributed by atoms with Gasteiger partial charge in [-0.25, -0.2) is 9.18 Å². The first kappa shape index (κ1) is 34.5. The highest BCUT2D eigenvalue weighted by Crippen LogP contribution is 2.42. The van der Waals surface area contributed by atoms with E-state index in [1.165, 1.54) is 12.1 Å². The molecule has 9 nitrogen and oxygen atoms in total. The topological polar surface area (TPSA) is 90.6 Å². The Labute approximate surface area is 290 Å². The zero-order valence-corrected chi connectivity index (χ0v) is 29.7. The monoisotopic (exact) mass is 687 g/mol. The number of aryl methyl sites for hydroxylation is 3. The largest absolute Gasteiger partial charge is 0.493 e. The van der Waals surface area contributed by atoms with Gasteiger partial charge in [-0.05, 0) is 88.7 Å². The second kappa shape index (κ2) is 13.8. The molecule has 3 aromatic carbocycles. The molecule has 1 N–H and O–H groups in total. The van der Waals surface area contributed by atoms with Crippen molar-refractivity contribution in [3.8, 4) is 16.9 Å². The summed E-state index contributed by atoms with van der Waals surface area (Å²) in [7, 11) is 1.90. The van der Waals surface area contributed by atoms with Crippen molar-refractivity contribution in [2.45, 2.75) is 59.6 Å². The highest BCUT2D eigenvalue weighted by atomic mass is 35.5. The number of ether oxygens (including phenoxy) is 2. The summed E-state index contributed by atoms with van der Waals surface area (Å²) in [6.07, 6.45) is 1.10. The number of hydrogen-bond donors (Lipinski definition) is 1. The van der Waals surface area contributed by atoms with E-state index in [0.717, 1.165) is 49.8 Å². The number of carbonyl (C=O) groups is 2. The molecular weight excluding hydrogens is 645 g/mol. The van der Waals surface area contributed by atoms with Gasteiger partial charge in [0.25, 0.3) is 0 Å². The van der Waals surface area contributed by atoms with Crippen LogP contribution >= 0.6 is 11.6 Å². The van der Waals surface area contributed by atoms with Gasteiger partial charge >= 0.3 is 5.97 Å². The van der Waals surface area contributed by atoms with E-state index in [9.17, 15) is 14.0 Å². The third-order valence-corrected chi connectivity index (χ3v) is 9.36. The summed E-state index contributed by atoms with van der Waals surface area (Å²) < 4.78 is 30.0. The van der Waals surface area contributed by atoms with Gasteiger partial charge < -0.3 is 24.3 Å². The van der Waals surface area contributed by atoms with Crippen LogP contribution in [0, 0.1) is 19.7 Å². The fourth-order valence-corrected chi connectivity index (χ4v) is 7.03. The molecule has 0 unspecified atom stereocenters. The molecule has 1 amide bonds. The smallest absolute Gasteiger partial charge is 0.355 e. The number of amides is 1. The van der Waals surface area contributed by atoms with Crippen LogP contribution in [0.4, 0.5) is 4.39 Å². The highest BCUT2D eigenvalue weighted by molar-refractivity contribution is 6.35. The molecule has 6 rings (SSSR count). The van der Waals surface area contributed by atoms with Gasteiger partial charge in [0, 0.05) is 60.8 Å². The maximum atomic E-state index is 14.2. The molecule has 3 heterocycles. The summed E-state index contributed by atoms with van der Waals surface area (Å²) >= 11 is 7.05. The molecule has 1 fully saturated rings. The number of nitrogens with zero attached hydrogens (tertiary/aromatic N) is 4. The van der Waals surface area contributed by atoms with Crippen molar-refractivity contribution in [2.75, 3.05) is 32.8 Å². The second-order valence-electron chi connectivity index (χ2n) is 13.6. The lowest BCUT2D eigenvalue weighted by molar-refractivity contribution is -0.132. The first-order valence-corrected chi connectivity index (χ1v) is 17.1. The standard InChI is InChI=1S/C38H43ClFN5O4/c1-23-33(24(2)43(6)42-23)34-30(39)15-14-29-28(10-8-20-48-31-11-7-9-25-21-26(40)12-13-27(25)31)36(37(47)49-38(3,4)5)45(35(29)34)19-18-44-17-16-41-22-32(44)46/h7,9,11-15,21,41H,8,10,16-20,22H2,1-6H3. The van der Waals surface area contributed by atoms with Crippen molar-refractivity contribution < 1.29 is 23.5 Å². The molecule has 0 bridgehead atoms. The molecule has 0 aliphatic carbocycles. The number of rotatable bonds is 10. The number of piperazine rings is 1. The Hall–Kier alpha value is -4.41. The van der Waals surface area contributed by atoms with E-state index in [4.69, 9.17) is 21.1 Å². The lowest BCUT2D eigenvalue weighted by Crippen LogP contribution is -2.49. The van der Waals surface area contributed by atoms with Gasteiger partial charge in [-0.15, -0.1) is 0 Å². The van der Waals surface area contributed by atoms with Crippen molar-refractivity contribution in [3.05, 3.63) is 82.0 Å². The van der Waals surface area contributed by atoms with Gasteiger partial charge in [0.1, 0.15) is 22.9 Å². The number of esters is 1. The Balaban J connectivity index is 1.46. The van der Waals surface area contributed by atoms with Crippen LogP contribution < -0.4 is 10.1 Å². The first-order chi connectivity index (χ1) is 23.3. The summed E-state index contributed by atoms with van der Waals surface area (Å²) in [4.78, 5) is 28.9. The van der Waals surface area contributed by atoms with E-state index < -0.39 is 11.6 Å². The Morgan fingerprint density at radius 1 is 1.06 bits per heavy atom. The van der Waals surface area contributed by atoms with E-state index in [0.29, 0.717) is 62.1 Å². The van der Waals surface area contributed by atoms with Crippen LogP contribution in [0.3, 0.4) is 0 Å². The first-order valence-electron chi connectivity index (χ1n) is 16.7. The predicted octanol–water partition coefficient (Wildman–Crippen LogP) is 7.00. The molecule has 0 radical (unpaired) electrons. The number of aromatic nitrogens is 3. The maximum Gasteiger partial charge on any atom is 0.355 e. The predicted molar refractivity (Wildman–Crippen MR) is 191 cm³/mol. The maximum absolute atomic E-state index is 14.2. The van der Waals surface area contributed by atoms with Crippen LogP contribution in [-0.2, 0) is 29.5 Å². The van der Waals surface area contributed by atoms with Crippen LogP contribution in [0.2, 0.25) is 5.02 Å². The molecule has 0 saturated carbocycles. The van der Waals surface area contributed by atoms with Gasteiger partial charge in [0.15, 0.2) is 0 Å². The highest BCUT2D eigenvalue weighted by Gasteiger charge is 2.31. The molecular formula is C38H43ClFN5O4. The molecule has 5 aromatic rings. The fraction of sp³-hybridized carbons (Fsp3) is 0.395. The van der Waals surface area contributed by atoms with Crippen LogP contribution in [0.15, 0.2) is 48.5 Å². The van der Waals surface area contributed by atoms with E-state index in [2.05, 4.69) is 10.4 Å². The normalized spacial score (nSPS) is 13.9. The third-order valence-electron chi connectivity index (χ3n) is 9.04. The Morgan fingerprint density at radius 3 is 2.55 bits per heavy atom. The molecule has 1 aliphatic rings. The average Bonchev–Trinajstić information content (AvgIpc) is 3.49. The number of halogens is 2. The second-order valence-corrected chi connectivity index (χ2v) is 14.0. The Bertz CT molecular complexity index is 2060. The van der Waals surface area contributed by atoms with Gasteiger partial charge in [0.2, 0.25) is 5.91 Å². The van der Waals surface area contributed by atoms with Crippen molar-refractivity contribution in [1.29, 1.82) is 0 Å². The molecule has 49 heavy (non-hydrogen) atoms. The minimum Gasteiger partial charge on any atom is -0.493 e. The SMILES string of the molecule is Cc1nn(C)c(C)c1-c1c(Cl)ccc2c(CCCOc3cccc4cc(F)ccc34)c(C(=O)OC(C)(C)C)n(CCN3CCNCC3=O)c12.